The predicted molar refractivity (Wildman–Crippen MR) is 61.9 cm³/mol. The molecule has 0 bridgehead atoms. The van der Waals surface area contributed by atoms with Gasteiger partial charge in [0.2, 0.25) is 0 Å². The van der Waals surface area contributed by atoms with Gasteiger partial charge in [-0.3, -0.25) is 9.59 Å². The van der Waals surface area contributed by atoms with E-state index in [0.717, 1.165) is 17.5 Å². The van der Waals surface area contributed by atoms with Gasteiger partial charge in [-0.1, -0.05) is 11.6 Å². The first-order chi connectivity index (χ1) is 8.56. The minimum absolute atomic E-state index is 0.121. The van der Waals surface area contributed by atoms with Crippen molar-refractivity contribution in [3.8, 4) is 0 Å². The standard InChI is InChI=1S/C11H16N4O3/c1-7(8-3-2-4-8)12-11(18)9-5-15(14-13-9)6-10(16)17/h5,7-8H,2-4,6H2,1H3,(H,12,18)(H,16,17). The van der Waals surface area contributed by atoms with Crippen molar-refractivity contribution in [2.24, 2.45) is 5.92 Å². The maximum Gasteiger partial charge on any atom is 0.325 e. The molecule has 1 fully saturated rings. The summed E-state index contributed by atoms with van der Waals surface area (Å²) in [6.07, 6.45) is 4.86. The van der Waals surface area contributed by atoms with E-state index in [1.54, 1.807) is 0 Å². The number of aliphatic carboxylic acids is 1. The molecule has 1 heterocycles. The Labute approximate surface area is 104 Å². The molecule has 1 aliphatic rings. The summed E-state index contributed by atoms with van der Waals surface area (Å²) in [5.41, 5.74) is 0.155. The second-order valence-electron chi connectivity index (χ2n) is 4.65. The summed E-state index contributed by atoms with van der Waals surface area (Å²) in [7, 11) is 0. The highest BCUT2D eigenvalue weighted by Gasteiger charge is 2.26. The first-order valence-corrected chi connectivity index (χ1v) is 5.99. The number of aromatic nitrogens is 3. The molecular formula is C11H16N4O3. The molecule has 7 nitrogen and oxygen atoms in total. The summed E-state index contributed by atoms with van der Waals surface area (Å²) >= 11 is 0. The smallest absolute Gasteiger partial charge is 0.325 e. The molecule has 0 aliphatic heterocycles. The zero-order valence-electron chi connectivity index (χ0n) is 10.2. The minimum atomic E-state index is -1.02. The molecule has 2 N–H and O–H groups in total. The lowest BCUT2D eigenvalue weighted by Crippen LogP contribution is -2.40. The molecule has 1 unspecified atom stereocenters. The Bertz CT molecular complexity index is 453. The first-order valence-electron chi connectivity index (χ1n) is 5.99. The molecule has 1 aromatic rings. The largest absolute Gasteiger partial charge is 0.480 e. The van der Waals surface area contributed by atoms with Crippen LogP contribution in [-0.4, -0.2) is 38.0 Å². The van der Waals surface area contributed by atoms with E-state index in [-0.39, 0.29) is 24.2 Å². The lowest BCUT2D eigenvalue weighted by Gasteiger charge is -2.31. The van der Waals surface area contributed by atoms with E-state index >= 15 is 0 Å². The molecule has 2 rings (SSSR count). The SMILES string of the molecule is CC(NC(=O)c1cn(CC(=O)O)nn1)C1CCC1. The van der Waals surface area contributed by atoms with Crippen LogP contribution in [0.25, 0.3) is 0 Å². The lowest BCUT2D eigenvalue weighted by atomic mass is 9.80. The first kappa shape index (κ1) is 12.5. The predicted octanol–water partition coefficient (Wildman–Crippen LogP) is 0.281. The number of rotatable bonds is 5. The Morgan fingerprint density at radius 2 is 2.33 bits per heavy atom. The Kier molecular flexibility index (Phi) is 3.59. The maximum atomic E-state index is 11.8. The van der Waals surface area contributed by atoms with Crippen molar-refractivity contribution in [3.63, 3.8) is 0 Å². The monoisotopic (exact) mass is 252 g/mol. The number of hydrogen-bond acceptors (Lipinski definition) is 4. The van der Waals surface area contributed by atoms with Crippen LogP contribution in [0.2, 0.25) is 0 Å². The van der Waals surface area contributed by atoms with E-state index in [4.69, 9.17) is 5.11 Å². The number of carboxylic acids is 1. The van der Waals surface area contributed by atoms with E-state index in [0.29, 0.717) is 5.92 Å². The topological polar surface area (TPSA) is 97.1 Å². The summed E-state index contributed by atoms with van der Waals surface area (Å²) in [5, 5.41) is 18.7. The molecule has 1 saturated carbocycles. The average molecular weight is 252 g/mol. The third-order valence-electron chi connectivity index (χ3n) is 3.28. The molecule has 18 heavy (non-hydrogen) atoms. The molecule has 1 aromatic heterocycles. The Hall–Kier alpha value is -1.92. The third kappa shape index (κ3) is 2.85. The van der Waals surface area contributed by atoms with Gasteiger partial charge >= 0.3 is 5.97 Å². The summed E-state index contributed by atoms with van der Waals surface area (Å²) in [4.78, 5) is 22.3. The molecule has 0 spiro atoms. The van der Waals surface area contributed by atoms with Crippen molar-refractivity contribution < 1.29 is 14.7 Å². The number of nitrogens with zero attached hydrogens (tertiary/aromatic N) is 3. The summed E-state index contributed by atoms with van der Waals surface area (Å²) < 4.78 is 1.13. The zero-order chi connectivity index (χ0) is 13.1. The normalized spacial score (nSPS) is 16.9. The fourth-order valence-corrected chi connectivity index (χ4v) is 1.96. The van der Waals surface area contributed by atoms with Crippen LogP contribution >= 0.6 is 0 Å². The molecule has 0 aromatic carbocycles. The number of carboxylic acid groups (broad SMARTS) is 1. The number of hydrogen-bond donors (Lipinski definition) is 2. The molecule has 98 valence electrons. The highest BCUT2D eigenvalue weighted by atomic mass is 16.4. The van der Waals surface area contributed by atoms with Gasteiger partial charge in [0, 0.05) is 6.04 Å². The fraction of sp³-hybridized carbons (Fsp3) is 0.636. The van der Waals surface area contributed by atoms with Crippen LogP contribution in [0.15, 0.2) is 6.20 Å². The summed E-state index contributed by atoms with van der Waals surface area (Å²) in [6.45, 7) is 1.68. The van der Waals surface area contributed by atoms with E-state index in [9.17, 15) is 9.59 Å². The average Bonchev–Trinajstić information content (AvgIpc) is 2.61. The number of carbonyl (C=O) groups excluding carboxylic acids is 1. The van der Waals surface area contributed by atoms with Gasteiger partial charge in [-0.25, -0.2) is 4.68 Å². The Morgan fingerprint density at radius 1 is 1.61 bits per heavy atom. The van der Waals surface area contributed by atoms with Gasteiger partial charge in [-0.05, 0) is 25.7 Å². The van der Waals surface area contributed by atoms with Crippen LogP contribution < -0.4 is 5.32 Å². The third-order valence-corrected chi connectivity index (χ3v) is 3.28. The van der Waals surface area contributed by atoms with E-state index in [1.807, 2.05) is 6.92 Å². The van der Waals surface area contributed by atoms with E-state index < -0.39 is 5.97 Å². The van der Waals surface area contributed by atoms with Gasteiger partial charge < -0.3 is 10.4 Å². The fourth-order valence-electron chi connectivity index (χ4n) is 1.96. The second-order valence-corrected chi connectivity index (χ2v) is 4.65. The molecular weight excluding hydrogens is 236 g/mol. The van der Waals surface area contributed by atoms with Gasteiger partial charge in [0.15, 0.2) is 5.69 Å². The second kappa shape index (κ2) is 5.16. The Balaban J connectivity index is 1.91. The van der Waals surface area contributed by atoms with Crippen LogP contribution in [-0.2, 0) is 11.3 Å². The molecule has 0 radical (unpaired) electrons. The van der Waals surface area contributed by atoms with Crippen LogP contribution in [0.3, 0.4) is 0 Å². The van der Waals surface area contributed by atoms with Gasteiger partial charge in [-0.15, -0.1) is 5.10 Å². The maximum absolute atomic E-state index is 11.8. The van der Waals surface area contributed by atoms with Crippen LogP contribution in [0.5, 0.6) is 0 Å². The van der Waals surface area contributed by atoms with E-state index in [1.165, 1.54) is 12.6 Å². The highest BCUT2D eigenvalue weighted by molar-refractivity contribution is 5.92. The van der Waals surface area contributed by atoms with Crippen molar-refractivity contribution in [1.82, 2.24) is 20.3 Å². The lowest BCUT2D eigenvalue weighted by molar-refractivity contribution is -0.137. The van der Waals surface area contributed by atoms with Crippen LogP contribution in [0.4, 0.5) is 0 Å². The quantitative estimate of drug-likeness (QED) is 0.784. The summed E-state index contributed by atoms with van der Waals surface area (Å²) in [6, 6.07) is 0.121. The van der Waals surface area contributed by atoms with Gasteiger partial charge in [-0.2, -0.15) is 0 Å². The van der Waals surface area contributed by atoms with Crippen molar-refractivity contribution in [2.45, 2.75) is 38.8 Å². The van der Waals surface area contributed by atoms with Gasteiger partial charge in [0.1, 0.15) is 6.54 Å². The Morgan fingerprint density at radius 3 is 2.89 bits per heavy atom. The van der Waals surface area contributed by atoms with Gasteiger partial charge in [0.25, 0.3) is 5.91 Å². The van der Waals surface area contributed by atoms with E-state index in [2.05, 4.69) is 15.6 Å². The van der Waals surface area contributed by atoms with Gasteiger partial charge in [0.05, 0.1) is 6.20 Å². The minimum Gasteiger partial charge on any atom is -0.480 e. The number of carbonyl (C=O) groups is 2. The number of amides is 1. The molecule has 0 saturated heterocycles. The van der Waals surface area contributed by atoms with Crippen LogP contribution in [0, 0.1) is 5.92 Å². The van der Waals surface area contributed by atoms with Crippen LogP contribution in [0.1, 0.15) is 36.7 Å². The molecule has 1 amide bonds. The van der Waals surface area contributed by atoms with Crippen molar-refractivity contribution in [2.75, 3.05) is 0 Å². The highest BCUT2D eigenvalue weighted by Crippen LogP contribution is 2.29. The molecule has 1 aliphatic carbocycles. The zero-order valence-corrected chi connectivity index (χ0v) is 10.2. The van der Waals surface area contributed by atoms with Crippen molar-refractivity contribution in [3.05, 3.63) is 11.9 Å². The number of nitrogens with one attached hydrogen (secondary N) is 1. The molecule has 1 atom stereocenters. The summed E-state index contributed by atoms with van der Waals surface area (Å²) in [5.74, 6) is -0.774. The molecule has 7 heteroatoms. The van der Waals surface area contributed by atoms with Crippen molar-refractivity contribution >= 4 is 11.9 Å². The van der Waals surface area contributed by atoms with Crippen molar-refractivity contribution in [1.29, 1.82) is 0 Å².